The molecule has 1 aromatic rings. The van der Waals surface area contributed by atoms with Crippen LogP contribution in [0.25, 0.3) is 6.08 Å². The second-order valence-electron chi connectivity index (χ2n) is 2.68. The van der Waals surface area contributed by atoms with Crippen LogP contribution in [0, 0.1) is 11.3 Å². The molecule has 0 aliphatic heterocycles. The molecule has 0 saturated heterocycles. The highest BCUT2D eigenvalue weighted by Gasteiger charge is 2.04. The minimum atomic E-state index is -0.711. The maximum atomic E-state index is 11.1. The van der Waals surface area contributed by atoms with Gasteiger partial charge in [0.15, 0.2) is 6.10 Å². The highest BCUT2D eigenvalue weighted by atomic mass is 79.9. The van der Waals surface area contributed by atoms with Crippen molar-refractivity contribution in [3.63, 3.8) is 0 Å². The number of ether oxygens (including phenoxy) is 1. The zero-order chi connectivity index (χ0) is 11.3. The van der Waals surface area contributed by atoms with Crippen molar-refractivity contribution >= 4 is 39.3 Å². The molecule has 0 amide bonds. The SMILES string of the molecule is C[C@H](C#N)OC(=O)/C=C/c1ccc(Br)s1. The summed E-state index contributed by atoms with van der Waals surface area (Å²) in [4.78, 5) is 12.1. The molecule has 3 nitrogen and oxygen atoms in total. The van der Waals surface area contributed by atoms with E-state index in [9.17, 15) is 4.79 Å². The maximum absolute atomic E-state index is 11.1. The van der Waals surface area contributed by atoms with Gasteiger partial charge in [0, 0.05) is 11.0 Å². The Bertz CT molecular complexity index is 419. The molecule has 0 spiro atoms. The molecule has 0 unspecified atom stereocenters. The van der Waals surface area contributed by atoms with Crippen molar-refractivity contribution in [2.75, 3.05) is 0 Å². The van der Waals surface area contributed by atoms with Crippen molar-refractivity contribution in [1.29, 1.82) is 5.26 Å². The molecule has 1 rings (SSSR count). The van der Waals surface area contributed by atoms with E-state index in [1.54, 1.807) is 6.08 Å². The average molecular weight is 286 g/mol. The van der Waals surface area contributed by atoms with E-state index in [0.29, 0.717) is 0 Å². The lowest BCUT2D eigenvalue weighted by atomic mass is 10.4. The Morgan fingerprint density at radius 3 is 3.00 bits per heavy atom. The molecule has 0 saturated carbocycles. The van der Waals surface area contributed by atoms with Gasteiger partial charge in [0.2, 0.25) is 0 Å². The Kier molecular flexibility index (Phi) is 4.53. The van der Waals surface area contributed by atoms with E-state index in [0.717, 1.165) is 8.66 Å². The van der Waals surface area contributed by atoms with E-state index < -0.39 is 12.1 Å². The van der Waals surface area contributed by atoms with Crippen molar-refractivity contribution in [1.82, 2.24) is 0 Å². The third-order valence-electron chi connectivity index (χ3n) is 1.45. The summed E-state index contributed by atoms with van der Waals surface area (Å²) >= 11 is 4.83. The molecule has 1 aromatic heterocycles. The summed E-state index contributed by atoms with van der Waals surface area (Å²) in [6.07, 6.45) is 2.26. The van der Waals surface area contributed by atoms with E-state index >= 15 is 0 Å². The third kappa shape index (κ3) is 4.28. The number of rotatable bonds is 3. The molecule has 0 fully saturated rings. The van der Waals surface area contributed by atoms with Gasteiger partial charge in [-0.3, -0.25) is 0 Å². The van der Waals surface area contributed by atoms with Crippen molar-refractivity contribution in [2.45, 2.75) is 13.0 Å². The predicted molar refractivity (Wildman–Crippen MR) is 62.2 cm³/mol. The molecule has 5 heteroatoms. The lowest BCUT2D eigenvalue weighted by Crippen LogP contribution is -2.09. The lowest BCUT2D eigenvalue weighted by Gasteiger charge is -2.00. The van der Waals surface area contributed by atoms with Gasteiger partial charge in [0.1, 0.15) is 6.07 Å². The van der Waals surface area contributed by atoms with Gasteiger partial charge < -0.3 is 4.74 Å². The second kappa shape index (κ2) is 5.69. The number of thiophene rings is 1. The predicted octanol–water partition coefficient (Wildman–Crippen LogP) is 2.98. The quantitative estimate of drug-likeness (QED) is 0.634. The van der Waals surface area contributed by atoms with Gasteiger partial charge in [-0.25, -0.2) is 4.79 Å². The summed E-state index contributed by atoms with van der Waals surface area (Å²) < 4.78 is 5.73. The minimum Gasteiger partial charge on any atom is -0.444 e. The molecule has 0 radical (unpaired) electrons. The molecular weight excluding hydrogens is 278 g/mol. The van der Waals surface area contributed by atoms with Crippen LogP contribution in [0.4, 0.5) is 0 Å². The zero-order valence-electron chi connectivity index (χ0n) is 7.94. The third-order valence-corrected chi connectivity index (χ3v) is 3.04. The van der Waals surface area contributed by atoms with Crippen LogP contribution in [0.3, 0.4) is 0 Å². The second-order valence-corrected chi connectivity index (χ2v) is 5.18. The van der Waals surface area contributed by atoms with Crippen LogP contribution in [-0.4, -0.2) is 12.1 Å². The Balaban J connectivity index is 2.52. The van der Waals surface area contributed by atoms with Crippen molar-refractivity contribution in [3.05, 3.63) is 26.9 Å². The molecule has 0 aliphatic carbocycles. The fraction of sp³-hybridized carbons (Fsp3) is 0.200. The van der Waals surface area contributed by atoms with Gasteiger partial charge in [-0.15, -0.1) is 11.3 Å². The Morgan fingerprint density at radius 2 is 2.47 bits per heavy atom. The highest BCUT2D eigenvalue weighted by Crippen LogP contribution is 2.22. The fourth-order valence-corrected chi connectivity index (χ4v) is 2.13. The Labute approximate surface area is 100 Å². The number of carbonyl (C=O) groups is 1. The standard InChI is InChI=1S/C10H8BrNO2S/c1-7(6-12)14-10(13)5-3-8-2-4-9(11)15-8/h2-5,7H,1H3/b5-3+/t7-/m1/s1. The molecule has 78 valence electrons. The monoisotopic (exact) mass is 285 g/mol. The molecule has 15 heavy (non-hydrogen) atoms. The van der Waals surface area contributed by atoms with E-state index in [4.69, 9.17) is 10.00 Å². The van der Waals surface area contributed by atoms with Gasteiger partial charge in [0.25, 0.3) is 0 Å². The molecule has 0 aliphatic rings. The van der Waals surface area contributed by atoms with Crippen LogP contribution in [0.1, 0.15) is 11.8 Å². The van der Waals surface area contributed by atoms with Crippen molar-refractivity contribution in [2.24, 2.45) is 0 Å². The van der Waals surface area contributed by atoms with Gasteiger partial charge in [-0.1, -0.05) is 0 Å². The summed E-state index contributed by atoms with van der Waals surface area (Å²) in [6, 6.07) is 5.59. The van der Waals surface area contributed by atoms with Crippen LogP contribution in [0.2, 0.25) is 0 Å². The summed E-state index contributed by atoms with van der Waals surface area (Å²) in [6.45, 7) is 1.52. The number of hydrogen-bond acceptors (Lipinski definition) is 4. The normalized spacial score (nSPS) is 12.3. The minimum absolute atomic E-state index is 0.506. The Morgan fingerprint density at radius 1 is 1.73 bits per heavy atom. The summed E-state index contributed by atoms with van der Waals surface area (Å²) in [5.41, 5.74) is 0. The topological polar surface area (TPSA) is 50.1 Å². The number of nitriles is 1. The first-order valence-electron chi connectivity index (χ1n) is 4.15. The molecule has 1 heterocycles. The number of carbonyl (C=O) groups excluding carboxylic acids is 1. The lowest BCUT2D eigenvalue weighted by molar-refractivity contribution is -0.139. The van der Waals surface area contributed by atoms with E-state index in [1.807, 2.05) is 18.2 Å². The van der Waals surface area contributed by atoms with E-state index in [-0.39, 0.29) is 0 Å². The number of hydrogen-bond donors (Lipinski definition) is 0. The van der Waals surface area contributed by atoms with Crippen molar-refractivity contribution < 1.29 is 9.53 Å². The summed E-state index contributed by atoms with van der Waals surface area (Å²) in [5.74, 6) is -0.506. The van der Waals surface area contributed by atoms with E-state index in [1.165, 1.54) is 24.3 Å². The summed E-state index contributed by atoms with van der Waals surface area (Å²) in [7, 11) is 0. The number of nitrogens with zero attached hydrogens (tertiary/aromatic N) is 1. The first-order valence-corrected chi connectivity index (χ1v) is 5.76. The van der Waals surface area contributed by atoms with Crippen LogP contribution in [0.15, 0.2) is 22.0 Å². The molecule has 1 atom stereocenters. The first kappa shape index (κ1) is 12.0. The van der Waals surface area contributed by atoms with Crippen LogP contribution in [0.5, 0.6) is 0 Å². The largest absolute Gasteiger partial charge is 0.444 e. The molecular formula is C10H8BrNO2S. The molecule has 0 N–H and O–H groups in total. The van der Waals surface area contributed by atoms with Gasteiger partial charge in [-0.2, -0.15) is 5.26 Å². The number of halogens is 1. The molecule has 0 aromatic carbocycles. The Hall–Kier alpha value is -1.12. The summed E-state index contributed by atoms with van der Waals surface area (Å²) in [5, 5.41) is 8.42. The van der Waals surface area contributed by atoms with Crippen molar-refractivity contribution in [3.8, 4) is 6.07 Å². The fourth-order valence-electron chi connectivity index (χ4n) is 0.808. The van der Waals surface area contributed by atoms with Gasteiger partial charge in [-0.05, 0) is 41.1 Å². The van der Waals surface area contributed by atoms with E-state index in [2.05, 4.69) is 15.9 Å². The first-order chi connectivity index (χ1) is 7.11. The number of esters is 1. The smallest absolute Gasteiger partial charge is 0.332 e. The zero-order valence-corrected chi connectivity index (χ0v) is 10.3. The van der Waals surface area contributed by atoms with Crippen LogP contribution in [-0.2, 0) is 9.53 Å². The van der Waals surface area contributed by atoms with Crippen LogP contribution < -0.4 is 0 Å². The highest BCUT2D eigenvalue weighted by molar-refractivity contribution is 9.11. The molecule has 0 bridgehead atoms. The van der Waals surface area contributed by atoms with Gasteiger partial charge >= 0.3 is 5.97 Å². The maximum Gasteiger partial charge on any atom is 0.332 e. The van der Waals surface area contributed by atoms with Crippen LogP contribution >= 0.6 is 27.3 Å². The van der Waals surface area contributed by atoms with Gasteiger partial charge in [0.05, 0.1) is 3.79 Å². The average Bonchev–Trinajstić information content (AvgIpc) is 2.61.